The summed E-state index contributed by atoms with van der Waals surface area (Å²) in [6, 6.07) is 0. The SMILES string of the molecule is CC(=O)CCC(OC(C)(C)C)C(=O)OCC(=O)C(C)(C)C. The van der Waals surface area contributed by atoms with E-state index in [1.807, 2.05) is 20.8 Å². The molecule has 0 aromatic carbocycles. The van der Waals surface area contributed by atoms with E-state index >= 15 is 0 Å². The third-order valence-electron chi connectivity index (χ3n) is 2.70. The highest BCUT2D eigenvalue weighted by atomic mass is 16.6. The maximum atomic E-state index is 12.1. The molecule has 1 unspecified atom stereocenters. The van der Waals surface area contributed by atoms with Gasteiger partial charge < -0.3 is 14.3 Å². The van der Waals surface area contributed by atoms with Crippen LogP contribution >= 0.6 is 0 Å². The first-order valence-corrected chi connectivity index (χ1v) is 7.20. The zero-order chi connectivity index (χ0) is 16.8. The van der Waals surface area contributed by atoms with Gasteiger partial charge in [-0.2, -0.15) is 0 Å². The summed E-state index contributed by atoms with van der Waals surface area (Å²) in [6.45, 7) is 11.9. The first-order chi connectivity index (χ1) is 9.33. The summed E-state index contributed by atoms with van der Waals surface area (Å²) >= 11 is 0. The van der Waals surface area contributed by atoms with Gasteiger partial charge >= 0.3 is 5.97 Å². The lowest BCUT2D eigenvalue weighted by Crippen LogP contribution is -2.36. The Bertz CT molecular complexity index is 384. The minimum atomic E-state index is -0.832. The van der Waals surface area contributed by atoms with Crippen molar-refractivity contribution in [1.29, 1.82) is 0 Å². The Morgan fingerprint density at radius 2 is 1.52 bits per heavy atom. The van der Waals surface area contributed by atoms with E-state index in [2.05, 4.69) is 0 Å². The second kappa shape index (κ2) is 7.69. The first kappa shape index (κ1) is 19.8. The fourth-order valence-corrected chi connectivity index (χ4v) is 1.43. The van der Waals surface area contributed by atoms with Crippen LogP contribution in [0, 0.1) is 5.41 Å². The van der Waals surface area contributed by atoms with Gasteiger partial charge in [0.05, 0.1) is 5.60 Å². The number of Topliss-reactive ketones (excluding diaryl/α,β-unsaturated/α-hetero) is 2. The van der Waals surface area contributed by atoms with Gasteiger partial charge in [-0.05, 0) is 34.1 Å². The summed E-state index contributed by atoms with van der Waals surface area (Å²) in [6.07, 6.45) is -0.334. The minimum Gasteiger partial charge on any atom is -0.456 e. The standard InChI is InChI=1S/C16H28O5/c1-11(17)8-9-12(21-16(5,6)7)14(19)20-10-13(18)15(2,3)4/h12H,8-10H2,1-7H3. The van der Waals surface area contributed by atoms with Gasteiger partial charge in [-0.15, -0.1) is 0 Å². The Hall–Kier alpha value is -1.23. The molecule has 0 aliphatic carbocycles. The summed E-state index contributed by atoms with van der Waals surface area (Å²) in [7, 11) is 0. The molecule has 5 heteroatoms. The van der Waals surface area contributed by atoms with Gasteiger partial charge in [-0.25, -0.2) is 4.79 Å². The quantitative estimate of drug-likeness (QED) is 0.676. The summed E-state index contributed by atoms with van der Waals surface area (Å²) in [5.74, 6) is -0.767. The molecule has 0 aromatic heterocycles. The van der Waals surface area contributed by atoms with Crippen LogP contribution in [0.3, 0.4) is 0 Å². The number of carbonyl (C=O) groups excluding carboxylic acids is 3. The van der Waals surface area contributed by atoms with Crippen LogP contribution in [0.4, 0.5) is 0 Å². The normalized spacial score (nSPS) is 13.7. The Kier molecular flexibility index (Phi) is 7.24. The summed E-state index contributed by atoms with van der Waals surface area (Å²) in [5.41, 5.74) is -1.09. The Morgan fingerprint density at radius 1 is 1.00 bits per heavy atom. The average Bonchev–Trinajstić information content (AvgIpc) is 2.28. The number of esters is 1. The molecule has 0 radical (unpaired) electrons. The van der Waals surface area contributed by atoms with Crippen molar-refractivity contribution in [3.63, 3.8) is 0 Å². The molecule has 0 heterocycles. The van der Waals surface area contributed by atoms with E-state index in [0.29, 0.717) is 0 Å². The second-order valence-corrected chi connectivity index (χ2v) is 7.24. The van der Waals surface area contributed by atoms with Crippen molar-refractivity contribution < 1.29 is 23.9 Å². The van der Waals surface area contributed by atoms with Gasteiger partial charge in [0.1, 0.15) is 5.78 Å². The van der Waals surface area contributed by atoms with E-state index in [9.17, 15) is 14.4 Å². The Balaban J connectivity index is 4.64. The highest BCUT2D eigenvalue weighted by molar-refractivity contribution is 5.87. The van der Waals surface area contributed by atoms with Gasteiger partial charge in [0.25, 0.3) is 0 Å². The summed E-state index contributed by atoms with van der Waals surface area (Å²) in [4.78, 5) is 34.9. The van der Waals surface area contributed by atoms with Crippen LogP contribution in [0.2, 0.25) is 0 Å². The van der Waals surface area contributed by atoms with Crippen LogP contribution in [-0.2, 0) is 23.9 Å². The van der Waals surface area contributed by atoms with Crippen molar-refractivity contribution in [2.24, 2.45) is 5.41 Å². The van der Waals surface area contributed by atoms with Crippen LogP contribution in [0.15, 0.2) is 0 Å². The average molecular weight is 300 g/mol. The zero-order valence-electron chi connectivity index (χ0n) is 14.2. The predicted molar refractivity (Wildman–Crippen MR) is 80.0 cm³/mol. The van der Waals surface area contributed by atoms with Gasteiger partial charge in [-0.1, -0.05) is 20.8 Å². The van der Waals surface area contributed by atoms with Crippen molar-refractivity contribution in [3.05, 3.63) is 0 Å². The lowest BCUT2D eigenvalue weighted by molar-refractivity contribution is -0.169. The fourth-order valence-electron chi connectivity index (χ4n) is 1.43. The molecule has 0 rings (SSSR count). The predicted octanol–water partition coefficient (Wildman–Crippen LogP) is 2.70. The lowest BCUT2D eigenvalue weighted by atomic mass is 9.91. The molecule has 0 N–H and O–H groups in total. The van der Waals surface area contributed by atoms with Crippen LogP contribution < -0.4 is 0 Å². The Labute approximate surface area is 127 Å². The second-order valence-electron chi connectivity index (χ2n) is 7.24. The van der Waals surface area contributed by atoms with Gasteiger partial charge in [-0.3, -0.25) is 4.79 Å². The van der Waals surface area contributed by atoms with Crippen molar-refractivity contribution in [2.75, 3.05) is 6.61 Å². The number of carbonyl (C=O) groups is 3. The highest BCUT2D eigenvalue weighted by Crippen LogP contribution is 2.18. The van der Waals surface area contributed by atoms with Crippen LogP contribution in [0.1, 0.15) is 61.3 Å². The molecule has 122 valence electrons. The molecule has 21 heavy (non-hydrogen) atoms. The van der Waals surface area contributed by atoms with E-state index in [4.69, 9.17) is 9.47 Å². The van der Waals surface area contributed by atoms with Crippen molar-refractivity contribution in [1.82, 2.24) is 0 Å². The maximum absolute atomic E-state index is 12.1. The molecule has 0 saturated heterocycles. The fraction of sp³-hybridized carbons (Fsp3) is 0.812. The van der Waals surface area contributed by atoms with Crippen LogP contribution in [-0.4, -0.2) is 35.8 Å². The molecule has 0 aliphatic heterocycles. The van der Waals surface area contributed by atoms with Gasteiger partial charge in [0, 0.05) is 11.8 Å². The van der Waals surface area contributed by atoms with Crippen molar-refractivity contribution in [2.45, 2.75) is 73.0 Å². The van der Waals surface area contributed by atoms with E-state index in [0.717, 1.165) is 0 Å². The lowest BCUT2D eigenvalue weighted by Gasteiger charge is -2.26. The molecule has 0 amide bonds. The molecule has 0 aromatic rings. The van der Waals surface area contributed by atoms with Crippen molar-refractivity contribution >= 4 is 17.5 Å². The minimum absolute atomic E-state index is 0.0175. The van der Waals surface area contributed by atoms with Crippen molar-refractivity contribution in [3.8, 4) is 0 Å². The molecular formula is C16H28O5. The van der Waals surface area contributed by atoms with Crippen LogP contribution in [0.5, 0.6) is 0 Å². The van der Waals surface area contributed by atoms with Crippen LogP contribution in [0.25, 0.3) is 0 Å². The smallest absolute Gasteiger partial charge is 0.335 e. The number of ketones is 2. The number of hydrogen-bond donors (Lipinski definition) is 0. The first-order valence-electron chi connectivity index (χ1n) is 7.20. The molecule has 0 aliphatic rings. The molecule has 1 atom stereocenters. The third kappa shape index (κ3) is 9.34. The summed E-state index contributed by atoms with van der Waals surface area (Å²) in [5, 5.41) is 0. The highest BCUT2D eigenvalue weighted by Gasteiger charge is 2.29. The topological polar surface area (TPSA) is 69.7 Å². The molecule has 0 fully saturated rings. The molecule has 0 spiro atoms. The number of ether oxygens (including phenoxy) is 2. The molecule has 5 nitrogen and oxygen atoms in total. The van der Waals surface area contributed by atoms with E-state index < -0.39 is 23.1 Å². The van der Waals surface area contributed by atoms with Gasteiger partial charge in [0.2, 0.25) is 0 Å². The molecular weight excluding hydrogens is 272 g/mol. The van der Waals surface area contributed by atoms with Gasteiger partial charge in [0.15, 0.2) is 18.5 Å². The number of rotatable bonds is 7. The molecule has 0 saturated carbocycles. The Morgan fingerprint density at radius 3 is 1.90 bits per heavy atom. The largest absolute Gasteiger partial charge is 0.456 e. The zero-order valence-corrected chi connectivity index (χ0v) is 14.2. The van der Waals surface area contributed by atoms with E-state index in [1.165, 1.54) is 6.92 Å². The monoisotopic (exact) mass is 300 g/mol. The maximum Gasteiger partial charge on any atom is 0.335 e. The third-order valence-corrected chi connectivity index (χ3v) is 2.70. The van der Waals surface area contributed by atoms with E-state index in [-0.39, 0.29) is 31.0 Å². The molecule has 0 bridgehead atoms. The summed E-state index contributed by atoms with van der Waals surface area (Å²) < 4.78 is 10.7. The number of hydrogen-bond acceptors (Lipinski definition) is 5. The van der Waals surface area contributed by atoms with E-state index in [1.54, 1.807) is 20.8 Å².